The summed E-state index contributed by atoms with van der Waals surface area (Å²) in [7, 11) is 3.37. The van der Waals surface area contributed by atoms with E-state index in [4.69, 9.17) is 9.47 Å². The van der Waals surface area contributed by atoms with Crippen molar-refractivity contribution in [2.75, 3.05) is 46.9 Å². The molecule has 0 aromatic heterocycles. The van der Waals surface area contributed by atoms with Crippen molar-refractivity contribution in [1.29, 1.82) is 0 Å². The average molecular weight is 373 g/mol. The Balaban J connectivity index is 1.55. The number of fused-ring (bicyclic) bond motifs is 1. The van der Waals surface area contributed by atoms with E-state index in [9.17, 15) is 4.79 Å². The number of rotatable bonds is 5. The Bertz CT molecular complexity index is 704. The number of ether oxygens (including phenoxy) is 2. The van der Waals surface area contributed by atoms with Crippen LogP contribution in [0.2, 0.25) is 0 Å². The van der Waals surface area contributed by atoms with Crippen LogP contribution in [0.1, 0.15) is 36.9 Å². The molecule has 0 bridgehead atoms. The van der Waals surface area contributed by atoms with Gasteiger partial charge in [0.15, 0.2) is 11.5 Å². The fourth-order valence-corrected chi connectivity index (χ4v) is 4.60. The molecule has 2 fully saturated rings. The predicted octanol–water partition coefficient (Wildman–Crippen LogP) is 1.83. The van der Waals surface area contributed by atoms with Crippen LogP contribution in [-0.4, -0.2) is 68.7 Å². The molecular formula is C21H31N3O3. The number of hydrogen-bond acceptors (Lipinski definition) is 5. The third-order valence-corrected chi connectivity index (χ3v) is 6.15. The highest BCUT2D eigenvalue weighted by molar-refractivity contribution is 5.78. The van der Waals surface area contributed by atoms with Crippen molar-refractivity contribution >= 4 is 5.91 Å². The molecule has 1 amide bonds. The van der Waals surface area contributed by atoms with Gasteiger partial charge in [-0.25, -0.2) is 0 Å². The molecule has 2 atom stereocenters. The van der Waals surface area contributed by atoms with E-state index in [1.807, 2.05) is 4.90 Å². The summed E-state index contributed by atoms with van der Waals surface area (Å²) in [5, 5.41) is 3.41. The van der Waals surface area contributed by atoms with Crippen LogP contribution in [0.25, 0.3) is 0 Å². The van der Waals surface area contributed by atoms with Gasteiger partial charge in [0, 0.05) is 38.3 Å². The minimum absolute atomic E-state index is 0.262. The van der Waals surface area contributed by atoms with Crippen molar-refractivity contribution < 1.29 is 14.3 Å². The van der Waals surface area contributed by atoms with Gasteiger partial charge >= 0.3 is 0 Å². The fourth-order valence-electron chi connectivity index (χ4n) is 4.60. The number of amides is 1. The SMILES string of the molecule is COc1cc2c(cc1OC)C(C1CC1)N(CC(=O)N1CCNC(C)C1)CC2. The van der Waals surface area contributed by atoms with E-state index in [0.29, 0.717) is 24.5 Å². The fraction of sp³-hybridized carbons (Fsp3) is 0.667. The summed E-state index contributed by atoms with van der Waals surface area (Å²) in [4.78, 5) is 17.4. The Morgan fingerprint density at radius 3 is 2.59 bits per heavy atom. The third-order valence-electron chi connectivity index (χ3n) is 6.15. The lowest BCUT2D eigenvalue weighted by molar-refractivity contribution is -0.134. The number of piperazine rings is 1. The van der Waals surface area contributed by atoms with Crippen LogP contribution >= 0.6 is 0 Å². The van der Waals surface area contributed by atoms with E-state index < -0.39 is 0 Å². The van der Waals surface area contributed by atoms with E-state index >= 15 is 0 Å². The molecule has 0 spiro atoms. The van der Waals surface area contributed by atoms with Gasteiger partial charge in [0.25, 0.3) is 0 Å². The molecular weight excluding hydrogens is 342 g/mol. The molecule has 27 heavy (non-hydrogen) atoms. The first kappa shape index (κ1) is 18.6. The minimum atomic E-state index is 0.262. The molecule has 6 heteroatoms. The van der Waals surface area contributed by atoms with Crippen LogP contribution in [0.5, 0.6) is 11.5 Å². The maximum atomic E-state index is 12.9. The van der Waals surface area contributed by atoms with E-state index in [1.165, 1.54) is 24.0 Å². The van der Waals surface area contributed by atoms with E-state index in [-0.39, 0.29) is 5.91 Å². The first-order valence-corrected chi connectivity index (χ1v) is 10.1. The van der Waals surface area contributed by atoms with Crippen LogP contribution < -0.4 is 14.8 Å². The third kappa shape index (κ3) is 3.78. The van der Waals surface area contributed by atoms with Crippen LogP contribution in [0.3, 0.4) is 0 Å². The number of nitrogens with zero attached hydrogens (tertiary/aromatic N) is 2. The topological polar surface area (TPSA) is 54.0 Å². The summed E-state index contributed by atoms with van der Waals surface area (Å²) in [5.74, 6) is 2.49. The molecule has 1 aromatic carbocycles. The second-order valence-corrected chi connectivity index (χ2v) is 8.10. The van der Waals surface area contributed by atoms with Crippen LogP contribution in [0, 0.1) is 5.92 Å². The van der Waals surface area contributed by atoms with Gasteiger partial charge in [0.05, 0.1) is 20.8 Å². The summed E-state index contributed by atoms with van der Waals surface area (Å²) >= 11 is 0. The summed E-state index contributed by atoms with van der Waals surface area (Å²) in [5.41, 5.74) is 2.66. The molecule has 1 aromatic rings. The highest BCUT2D eigenvalue weighted by atomic mass is 16.5. The van der Waals surface area contributed by atoms with Crippen molar-refractivity contribution in [3.63, 3.8) is 0 Å². The minimum Gasteiger partial charge on any atom is -0.493 e. The van der Waals surface area contributed by atoms with Crippen molar-refractivity contribution in [2.45, 2.75) is 38.3 Å². The molecule has 0 radical (unpaired) electrons. The van der Waals surface area contributed by atoms with Crippen molar-refractivity contribution in [3.05, 3.63) is 23.3 Å². The summed E-state index contributed by atoms with van der Waals surface area (Å²) in [6, 6.07) is 4.96. The summed E-state index contributed by atoms with van der Waals surface area (Å²) in [6.45, 7) is 6.09. The number of carbonyl (C=O) groups is 1. The second kappa shape index (κ2) is 7.68. The van der Waals surface area contributed by atoms with Crippen molar-refractivity contribution in [3.8, 4) is 11.5 Å². The van der Waals surface area contributed by atoms with Gasteiger partial charge in [0.2, 0.25) is 5.91 Å². The first-order chi connectivity index (χ1) is 13.1. The molecule has 1 N–H and O–H groups in total. The predicted molar refractivity (Wildman–Crippen MR) is 104 cm³/mol. The summed E-state index contributed by atoms with van der Waals surface area (Å²) in [6.07, 6.45) is 3.44. The monoisotopic (exact) mass is 373 g/mol. The molecule has 6 nitrogen and oxygen atoms in total. The highest BCUT2D eigenvalue weighted by Gasteiger charge is 2.41. The molecule has 1 saturated carbocycles. The first-order valence-electron chi connectivity index (χ1n) is 10.1. The number of hydrogen-bond donors (Lipinski definition) is 1. The lowest BCUT2D eigenvalue weighted by Crippen LogP contribution is -2.54. The van der Waals surface area contributed by atoms with Crippen molar-refractivity contribution in [2.24, 2.45) is 5.92 Å². The second-order valence-electron chi connectivity index (χ2n) is 8.10. The normalized spacial score (nSPS) is 25.8. The smallest absolute Gasteiger partial charge is 0.236 e. The van der Waals surface area contributed by atoms with E-state index in [0.717, 1.165) is 44.1 Å². The lowest BCUT2D eigenvalue weighted by Gasteiger charge is -2.39. The van der Waals surface area contributed by atoms with Gasteiger partial charge in [-0.2, -0.15) is 0 Å². The molecule has 2 aliphatic heterocycles. The van der Waals surface area contributed by atoms with Gasteiger partial charge in [-0.1, -0.05) is 0 Å². The maximum absolute atomic E-state index is 12.9. The standard InChI is InChI=1S/C21H31N3O3/c1-14-12-23(9-7-22-14)20(25)13-24-8-6-16-10-18(26-2)19(27-3)11-17(16)21(24)15-4-5-15/h10-11,14-15,21-22H,4-9,12-13H2,1-3H3. The zero-order chi connectivity index (χ0) is 19.0. The van der Waals surface area contributed by atoms with E-state index in [2.05, 4.69) is 29.3 Å². The van der Waals surface area contributed by atoms with Gasteiger partial charge in [0.1, 0.15) is 0 Å². The quantitative estimate of drug-likeness (QED) is 0.854. The zero-order valence-corrected chi connectivity index (χ0v) is 16.7. The number of methoxy groups -OCH3 is 2. The van der Waals surface area contributed by atoms with Crippen LogP contribution in [-0.2, 0) is 11.2 Å². The average Bonchev–Trinajstić information content (AvgIpc) is 3.51. The van der Waals surface area contributed by atoms with Gasteiger partial charge in [-0.05, 0) is 55.4 Å². The van der Waals surface area contributed by atoms with Crippen molar-refractivity contribution in [1.82, 2.24) is 15.1 Å². The summed E-state index contributed by atoms with van der Waals surface area (Å²) < 4.78 is 11.0. The number of nitrogens with one attached hydrogen (secondary N) is 1. The van der Waals surface area contributed by atoms with Gasteiger partial charge in [-0.3, -0.25) is 9.69 Å². The molecule has 1 saturated heterocycles. The van der Waals surface area contributed by atoms with Crippen LogP contribution in [0.4, 0.5) is 0 Å². The van der Waals surface area contributed by atoms with E-state index in [1.54, 1.807) is 14.2 Å². The maximum Gasteiger partial charge on any atom is 0.236 e. The lowest BCUT2D eigenvalue weighted by atomic mass is 9.89. The molecule has 4 rings (SSSR count). The largest absolute Gasteiger partial charge is 0.493 e. The van der Waals surface area contributed by atoms with Gasteiger partial charge in [-0.15, -0.1) is 0 Å². The number of benzene rings is 1. The Labute approximate surface area is 161 Å². The Kier molecular flexibility index (Phi) is 5.28. The highest BCUT2D eigenvalue weighted by Crippen LogP contribution is 2.49. The molecule has 3 aliphatic rings. The molecule has 2 heterocycles. The molecule has 1 aliphatic carbocycles. The van der Waals surface area contributed by atoms with Crippen LogP contribution in [0.15, 0.2) is 12.1 Å². The Morgan fingerprint density at radius 2 is 1.93 bits per heavy atom. The Morgan fingerprint density at radius 1 is 1.19 bits per heavy atom. The zero-order valence-electron chi connectivity index (χ0n) is 16.7. The Hall–Kier alpha value is -1.79. The molecule has 148 valence electrons. The molecule has 2 unspecified atom stereocenters. The van der Waals surface area contributed by atoms with Gasteiger partial charge < -0.3 is 19.7 Å². The number of carbonyl (C=O) groups excluding carboxylic acids is 1.